The van der Waals surface area contributed by atoms with Crippen LogP contribution in [0.1, 0.15) is 26.0 Å². The van der Waals surface area contributed by atoms with Crippen molar-refractivity contribution in [3.05, 3.63) is 37.5 Å². The van der Waals surface area contributed by atoms with E-state index in [1.165, 1.54) is 21.0 Å². The number of thiophene rings is 1. The molecule has 0 radical (unpaired) electrons. The molecule has 3 nitrogen and oxygen atoms in total. The minimum absolute atomic E-state index is 0.918. The third kappa shape index (κ3) is 4.11. The molecular weight excluding hydrogens is 274 g/mol. The van der Waals surface area contributed by atoms with Crippen LogP contribution in [0.4, 0.5) is 0 Å². The van der Waals surface area contributed by atoms with Crippen molar-refractivity contribution >= 4 is 22.7 Å². The second kappa shape index (κ2) is 6.61. The lowest BCUT2D eigenvalue weighted by Gasteiger charge is -2.14. The van der Waals surface area contributed by atoms with Crippen molar-refractivity contribution in [2.24, 2.45) is 0 Å². The van der Waals surface area contributed by atoms with Crippen LogP contribution in [0.15, 0.2) is 11.4 Å². The largest absolute Gasteiger partial charge is 0.315 e. The molecule has 2 heterocycles. The van der Waals surface area contributed by atoms with Crippen LogP contribution in [0, 0.1) is 13.8 Å². The first-order chi connectivity index (χ1) is 9.08. The number of rotatable bonds is 6. The highest BCUT2D eigenvalue weighted by molar-refractivity contribution is 7.12. The maximum atomic E-state index is 4.52. The zero-order chi connectivity index (χ0) is 13.8. The summed E-state index contributed by atoms with van der Waals surface area (Å²) in [5.74, 6) is 0. The fraction of sp³-hybridized carbons (Fsp3) is 0.500. The number of hydrogen-bond acceptors (Lipinski definition) is 5. The normalized spacial score (nSPS) is 11.4. The Balaban J connectivity index is 1.96. The van der Waals surface area contributed by atoms with Gasteiger partial charge in [-0.15, -0.1) is 22.7 Å². The average Bonchev–Trinajstić information content (AvgIpc) is 2.87. The van der Waals surface area contributed by atoms with Gasteiger partial charge < -0.3 is 5.32 Å². The Hall–Kier alpha value is -0.750. The molecule has 2 rings (SSSR count). The van der Waals surface area contributed by atoms with Gasteiger partial charge in [0, 0.05) is 34.8 Å². The van der Waals surface area contributed by atoms with E-state index >= 15 is 0 Å². The fourth-order valence-corrected chi connectivity index (χ4v) is 3.78. The molecule has 0 fully saturated rings. The van der Waals surface area contributed by atoms with Crippen molar-refractivity contribution in [3.8, 4) is 0 Å². The SMILES string of the molecule is CNCc1cc(CN(C)Cc2csc(C)n2)c(C)s1. The first-order valence-electron chi connectivity index (χ1n) is 6.41. The fourth-order valence-electron chi connectivity index (χ4n) is 2.11. The Labute approximate surface area is 123 Å². The van der Waals surface area contributed by atoms with E-state index in [1.807, 2.05) is 18.4 Å². The number of thiazole rings is 1. The van der Waals surface area contributed by atoms with Crippen molar-refractivity contribution in [3.63, 3.8) is 0 Å². The van der Waals surface area contributed by atoms with Gasteiger partial charge in [-0.1, -0.05) is 0 Å². The highest BCUT2D eigenvalue weighted by Crippen LogP contribution is 2.23. The Kier molecular flexibility index (Phi) is 5.10. The van der Waals surface area contributed by atoms with Crippen molar-refractivity contribution < 1.29 is 0 Å². The Morgan fingerprint density at radius 3 is 2.74 bits per heavy atom. The second-order valence-electron chi connectivity index (χ2n) is 4.85. The van der Waals surface area contributed by atoms with Crippen LogP contribution in [-0.4, -0.2) is 24.0 Å². The predicted molar refractivity (Wildman–Crippen MR) is 83.8 cm³/mol. The second-order valence-corrected chi connectivity index (χ2v) is 7.26. The van der Waals surface area contributed by atoms with Gasteiger partial charge in [0.15, 0.2) is 0 Å². The molecule has 1 N–H and O–H groups in total. The lowest BCUT2D eigenvalue weighted by atomic mass is 10.2. The van der Waals surface area contributed by atoms with E-state index in [1.54, 1.807) is 11.3 Å². The number of nitrogens with one attached hydrogen (secondary N) is 1. The number of nitrogens with zero attached hydrogens (tertiary/aromatic N) is 2. The van der Waals surface area contributed by atoms with Crippen LogP contribution in [-0.2, 0) is 19.6 Å². The van der Waals surface area contributed by atoms with Crippen LogP contribution in [0.2, 0.25) is 0 Å². The minimum atomic E-state index is 0.918. The van der Waals surface area contributed by atoms with E-state index in [9.17, 15) is 0 Å². The third-order valence-corrected chi connectivity index (χ3v) is 4.88. The van der Waals surface area contributed by atoms with Gasteiger partial charge >= 0.3 is 0 Å². The van der Waals surface area contributed by atoms with E-state index in [0.717, 1.165) is 24.6 Å². The summed E-state index contributed by atoms with van der Waals surface area (Å²) < 4.78 is 0. The van der Waals surface area contributed by atoms with E-state index < -0.39 is 0 Å². The molecule has 0 spiro atoms. The lowest BCUT2D eigenvalue weighted by molar-refractivity contribution is 0.315. The molecule has 0 amide bonds. The van der Waals surface area contributed by atoms with E-state index in [0.29, 0.717) is 0 Å². The maximum absolute atomic E-state index is 4.52. The van der Waals surface area contributed by atoms with E-state index in [2.05, 4.69) is 47.5 Å². The quantitative estimate of drug-likeness (QED) is 0.887. The summed E-state index contributed by atoms with van der Waals surface area (Å²) in [6, 6.07) is 2.32. The van der Waals surface area contributed by atoms with Crippen LogP contribution in [0.25, 0.3) is 0 Å². The van der Waals surface area contributed by atoms with Crippen molar-refractivity contribution in [2.45, 2.75) is 33.5 Å². The molecule has 2 aromatic heterocycles. The van der Waals surface area contributed by atoms with Crippen molar-refractivity contribution in [2.75, 3.05) is 14.1 Å². The zero-order valence-corrected chi connectivity index (χ0v) is 13.6. The van der Waals surface area contributed by atoms with E-state index in [-0.39, 0.29) is 0 Å². The standard InChI is InChI=1S/C14H21N3S2/c1-10-12(5-14(19-10)6-15-3)7-17(4)8-13-9-18-11(2)16-13/h5,9,15H,6-8H2,1-4H3. The zero-order valence-electron chi connectivity index (χ0n) is 12.0. The van der Waals surface area contributed by atoms with Crippen LogP contribution in [0.3, 0.4) is 0 Å². The van der Waals surface area contributed by atoms with Crippen LogP contribution >= 0.6 is 22.7 Å². The highest BCUT2D eigenvalue weighted by Gasteiger charge is 2.09. The monoisotopic (exact) mass is 295 g/mol. The molecule has 0 unspecified atom stereocenters. The molecule has 0 aromatic carbocycles. The van der Waals surface area contributed by atoms with Gasteiger partial charge in [-0.05, 0) is 39.6 Å². The van der Waals surface area contributed by atoms with Gasteiger partial charge in [0.2, 0.25) is 0 Å². The van der Waals surface area contributed by atoms with Gasteiger partial charge in [-0.25, -0.2) is 4.98 Å². The van der Waals surface area contributed by atoms with Gasteiger partial charge in [-0.3, -0.25) is 4.90 Å². The molecule has 0 aliphatic carbocycles. The molecular formula is C14H21N3S2. The first kappa shape index (κ1) is 14.7. The summed E-state index contributed by atoms with van der Waals surface area (Å²) in [7, 11) is 4.15. The molecule has 5 heteroatoms. The average molecular weight is 295 g/mol. The molecule has 0 atom stereocenters. The molecule has 0 aliphatic rings. The van der Waals surface area contributed by atoms with Crippen molar-refractivity contribution in [1.82, 2.24) is 15.2 Å². The van der Waals surface area contributed by atoms with Crippen LogP contribution < -0.4 is 5.32 Å². The smallest absolute Gasteiger partial charge is 0.0897 e. The maximum Gasteiger partial charge on any atom is 0.0897 e. The Morgan fingerprint density at radius 2 is 2.11 bits per heavy atom. The molecule has 104 valence electrons. The lowest BCUT2D eigenvalue weighted by Crippen LogP contribution is -2.17. The van der Waals surface area contributed by atoms with Crippen molar-refractivity contribution in [1.29, 1.82) is 0 Å². The third-order valence-electron chi connectivity index (χ3n) is 2.96. The summed E-state index contributed by atoms with van der Waals surface area (Å²) in [5.41, 5.74) is 2.61. The Morgan fingerprint density at radius 1 is 1.32 bits per heavy atom. The molecule has 19 heavy (non-hydrogen) atoms. The summed E-state index contributed by atoms with van der Waals surface area (Å²) in [6.45, 7) is 7.13. The molecule has 0 saturated heterocycles. The van der Waals surface area contributed by atoms with Crippen LogP contribution in [0.5, 0.6) is 0 Å². The summed E-state index contributed by atoms with van der Waals surface area (Å²) in [5, 5.41) is 6.51. The minimum Gasteiger partial charge on any atom is -0.315 e. The molecule has 0 aliphatic heterocycles. The number of aromatic nitrogens is 1. The molecule has 0 saturated carbocycles. The summed E-state index contributed by atoms with van der Waals surface area (Å²) in [6.07, 6.45) is 0. The number of aryl methyl sites for hydroxylation is 2. The first-order valence-corrected chi connectivity index (χ1v) is 8.10. The summed E-state index contributed by atoms with van der Waals surface area (Å²) >= 11 is 3.61. The summed E-state index contributed by atoms with van der Waals surface area (Å²) in [4.78, 5) is 9.68. The van der Waals surface area contributed by atoms with Gasteiger partial charge in [0.05, 0.1) is 10.7 Å². The van der Waals surface area contributed by atoms with E-state index in [4.69, 9.17) is 0 Å². The highest BCUT2D eigenvalue weighted by atomic mass is 32.1. The topological polar surface area (TPSA) is 28.2 Å². The Bertz CT molecular complexity index is 531. The molecule has 0 bridgehead atoms. The predicted octanol–water partition coefficient (Wildman–Crippen LogP) is 3.17. The van der Waals surface area contributed by atoms with Gasteiger partial charge in [-0.2, -0.15) is 0 Å². The molecule has 2 aromatic rings. The van der Waals surface area contributed by atoms with Gasteiger partial charge in [0.1, 0.15) is 0 Å². The van der Waals surface area contributed by atoms with Gasteiger partial charge in [0.25, 0.3) is 0 Å². The number of hydrogen-bond donors (Lipinski definition) is 1.